The summed E-state index contributed by atoms with van der Waals surface area (Å²) >= 11 is 0. The zero-order chi connectivity index (χ0) is 18.2. The van der Waals surface area contributed by atoms with Gasteiger partial charge in [-0.25, -0.2) is 4.79 Å². The molecule has 1 aromatic carbocycles. The minimum atomic E-state index is -0.528. The van der Waals surface area contributed by atoms with Gasteiger partial charge in [0.2, 0.25) is 0 Å². The minimum absolute atomic E-state index is 0.203. The second kappa shape index (κ2) is 9.01. The van der Waals surface area contributed by atoms with E-state index in [-0.39, 0.29) is 12.4 Å². The summed E-state index contributed by atoms with van der Waals surface area (Å²) in [7, 11) is 0. The largest absolute Gasteiger partial charge is 0.444 e. The van der Waals surface area contributed by atoms with Crippen LogP contribution in [0, 0.1) is 13.8 Å². The van der Waals surface area contributed by atoms with Gasteiger partial charge in [-0.15, -0.1) is 0 Å². The molecule has 0 aliphatic rings. The first-order valence-electron chi connectivity index (χ1n) is 8.47. The molecule has 1 aromatic heterocycles. The number of Topliss-reactive ketones (excluding diaryl/α,β-unsaturated/α-hetero) is 1. The van der Waals surface area contributed by atoms with E-state index in [0.717, 1.165) is 18.4 Å². The van der Waals surface area contributed by atoms with Crippen molar-refractivity contribution in [1.29, 1.82) is 0 Å². The fourth-order valence-electron chi connectivity index (χ4n) is 2.38. The average molecular weight is 343 g/mol. The Balaban J connectivity index is 1.75. The lowest BCUT2D eigenvalue weighted by molar-refractivity contribution is -0.117. The number of aromatic nitrogens is 2. The molecule has 0 aliphatic carbocycles. The molecule has 0 radical (unpaired) electrons. The van der Waals surface area contributed by atoms with Gasteiger partial charge in [0.1, 0.15) is 12.4 Å². The predicted molar refractivity (Wildman–Crippen MR) is 96.5 cm³/mol. The van der Waals surface area contributed by atoms with Crippen LogP contribution in [-0.4, -0.2) is 21.7 Å². The maximum atomic E-state index is 11.9. The first-order chi connectivity index (χ1) is 11.9. The van der Waals surface area contributed by atoms with E-state index in [9.17, 15) is 9.59 Å². The molecule has 1 heterocycles. The van der Waals surface area contributed by atoms with Gasteiger partial charge in [-0.2, -0.15) is 5.10 Å². The van der Waals surface area contributed by atoms with Crippen LogP contribution in [0.15, 0.2) is 30.5 Å². The van der Waals surface area contributed by atoms with Crippen molar-refractivity contribution < 1.29 is 14.3 Å². The molecule has 0 aliphatic heterocycles. The summed E-state index contributed by atoms with van der Waals surface area (Å²) < 4.78 is 6.97. The van der Waals surface area contributed by atoms with Crippen LogP contribution < -0.4 is 5.32 Å². The lowest BCUT2D eigenvalue weighted by Gasteiger charge is -2.07. The van der Waals surface area contributed by atoms with Gasteiger partial charge in [0.25, 0.3) is 0 Å². The molecule has 6 heteroatoms. The van der Waals surface area contributed by atoms with E-state index in [0.29, 0.717) is 18.8 Å². The molecular formula is C19H25N3O3. The maximum Gasteiger partial charge on any atom is 0.413 e. The number of aryl methyl sites for hydroxylation is 3. The Hall–Kier alpha value is -2.63. The molecule has 134 valence electrons. The molecule has 0 fully saturated rings. The number of unbranched alkanes of at least 4 members (excludes halogenated alkanes) is 1. The molecule has 2 aromatic rings. The summed E-state index contributed by atoms with van der Waals surface area (Å²) in [5.74, 6) is 0.658. The highest BCUT2D eigenvalue weighted by Crippen LogP contribution is 2.11. The molecule has 0 atom stereocenters. The Morgan fingerprint density at radius 3 is 2.68 bits per heavy atom. The minimum Gasteiger partial charge on any atom is -0.444 e. The molecule has 0 bridgehead atoms. The Kier molecular flexibility index (Phi) is 6.74. The van der Waals surface area contributed by atoms with Gasteiger partial charge < -0.3 is 9.53 Å². The van der Waals surface area contributed by atoms with Crippen LogP contribution in [0.3, 0.4) is 0 Å². The molecule has 0 saturated carbocycles. The third-order valence-corrected chi connectivity index (χ3v) is 3.98. The molecule has 25 heavy (non-hydrogen) atoms. The van der Waals surface area contributed by atoms with Crippen molar-refractivity contribution in [3.63, 3.8) is 0 Å². The SMILES string of the molecule is CC(=O)CCCCn1ccc(NC(=O)OCc2ccc(C)c(C)c2)n1. The number of anilines is 1. The van der Waals surface area contributed by atoms with E-state index in [1.54, 1.807) is 23.9 Å². The van der Waals surface area contributed by atoms with E-state index in [2.05, 4.69) is 10.4 Å². The fourth-order valence-corrected chi connectivity index (χ4v) is 2.38. The quantitative estimate of drug-likeness (QED) is 0.735. The van der Waals surface area contributed by atoms with Gasteiger partial charge in [0.15, 0.2) is 5.82 Å². The molecule has 1 amide bonds. The van der Waals surface area contributed by atoms with E-state index in [4.69, 9.17) is 4.74 Å². The van der Waals surface area contributed by atoms with E-state index >= 15 is 0 Å². The van der Waals surface area contributed by atoms with E-state index in [1.807, 2.05) is 32.0 Å². The number of carbonyl (C=O) groups is 2. The molecule has 2 rings (SSSR count). The summed E-state index contributed by atoms with van der Waals surface area (Å²) in [6, 6.07) is 7.70. The maximum absolute atomic E-state index is 11.9. The zero-order valence-electron chi connectivity index (χ0n) is 15.0. The number of rotatable bonds is 8. The van der Waals surface area contributed by atoms with Crippen LogP contribution in [0.25, 0.3) is 0 Å². The Morgan fingerprint density at radius 1 is 1.16 bits per heavy atom. The highest BCUT2D eigenvalue weighted by molar-refractivity contribution is 5.83. The third-order valence-electron chi connectivity index (χ3n) is 3.98. The van der Waals surface area contributed by atoms with Gasteiger partial charge in [0, 0.05) is 25.2 Å². The zero-order valence-corrected chi connectivity index (χ0v) is 15.0. The number of ketones is 1. The first-order valence-corrected chi connectivity index (χ1v) is 8.47. The third kappa shape index (κ3) is 6.41. The number of nitrogens with zero attached hydrogens (tertiary/aromatic N) is 2. The summed E-state index contributed by atoms with van der Waals surface area (Å²) in [4.78, 5) is 22.8. The number of nitrogens with one attached hydrogen (secondary N) is 1. The normalized spacial score (nSPS) is 10.5. The Bertz CT molecular complexity index is 737. The van der Waals surface area contributed by atoms with Crippen molar-refractivity contribution in [3.8, 4) is 0 Å². The van der Waals surface area contributed by atoms with Crippen LogP contribution in [0.1, 0.15) is 42.9 Å². The van der Waals surface area contributed by atoms with Gasteiger partial charge in [0.05, 0.1) is 0 Å². The summed E-state index contributed by atoms with van der Waals surface area (Å²) in [6.07, 6.45) is 3.58. The van der Waals surface area contributed by atoms with Crippen LogP contribution in [0.2, 0.25) is 0 Å². The van der Waals surface area contributed by atoms with Crippen LogP contribution in [0.4, 0.5) is 10.6 Å². The van der Waals surface area contributed by atoms with Crippen molar-refractivity contribution in [2.45, 2.75) is 53.2 Å². The monoisotopic (exact) mass is 343 g/mol. The Labute approximate surface area is 148 Å². The molecule has 0 unspecified atom stereocenters. The van der Waals surface area contributed by atoms with Crippen molar-refractivity contribution in [3.05, 3.63) is 47.2 Å². The molecule has 0 saturated heterocycles. The standard InChI is InChI=1S/C19H25N3O3/c1-14-7-8-17(12-15(14)2)13-25-19(24)20-18-9-11-22(21-18)10-5-4-6-16(3)23/h7-9,11-12H,4-6,10,13H2,1-3H3,(H,20,21,24). The van der Waals surface area contributed by atoms with Crippen molar-refractivity contribution in [1.82, 2.24) is 9.78 Å². The summed E-state index contributed by atoms with van der Waals surface area (Å²) in [5, 5.41) is 6.89. The predicted octanol–water partition coefficient (Wildman–Crippen LogP) is 4.01. The highest BCUT2D eigenvalue weighted by Gasteiger charge is 2.07. The van der Waals surface area contributed by atoms with Crippen LogP contribution in [-0.2, 0) is 22.7 Å². The first kappa shape index (κ1) is 18.7. The number of ether oxygens (including phenoxy) is 1. The van der Waals surface area contributed by atoms with Gasteiger partial charge in [-0.3, -0.25) is 10.00 Å². The van der Waals surface area contributed by atoms with Crippen molar-refractivity contribution >= 4 is 17.7 Å². The van der Waals surface area contributed by atoms with Gasteiger partial charge in [-0.1, -0.05) is 18.2 Å². The molecule has 1 N–H and O–H groups in total. The van der Waals surface area contributed by atoms with E-state index in [1.165, 1.54) is 11.1 Å². The molecular weight excluding hydrogens is 318 g/mol. The van der Waals surface area contributed by atoms with Crippen molar-refractivity contribution in [2.75, 3.05) is 5.32 Å². The summed E-state index contributed by atoms with van der Waals surface area (Å²) in [5.41, 5.74) is 3.33. The number of carbonyl (C=O) groups excluding carboxylic acids is 2. The number of hydrogen-bond acceptors (Lipinski definition) is 4. The molecule has 6 nitrogen and oxygen atoms in total. The van der Waals surface area contributed by atoms with Crippen molar-refractivity contribution in [2.24, 2.45) is 0 Å². The van der Waals surface area contributed by atoms with Gasteiger partial charge >= 0.3 is 6.09 Å². The number of amides is 1. The number of benzene rings is 1. The summed E-state index contributed by atoms with van der Waals surface area (Å²) in [6.45, 7) is 6.61. The van der Waals surface area contributed by atoms with E-state index < -0.39 is 6.09 Å². The second-order valence-corrected chi connectivity index (χ2v) is 6.24. The van der Waals surface area contributed by atoms with Crippen LogP contribution >= 0.6 is 0 Å². The smallest absolute Gasteiger partial charge is 0.413 e. The topological polar surface area (TPSA) is 73.2 Å². The highest BCUT2D eigenvalue weighted by atomic mass is 16.5. The second-order valence-electron chi connectivity index (χ2n) is 6.24. The lowest BCUT2D eigenvalue weighted by atomic mass is 10.1. The number of hydrogen-bond donors (Lipinski definition) is 1. The van der Waals surface area contributed by atoms with Crippen LogP contribution in [0.5, 0.6) is 0 Å². The van der Waals surface area contributed by atoms with Gasteiger partial charge in [-0.05, 0) is 50.3 Å². The lowest BCUT2D eigenvalue weighted by Crippen LogP contribution is -2.14. The fraction of sp³-hybridized carbons (Fsp3) is 0.421. The Morgan fingerprint density at radius 2 is 1.96 bits per heavy atom. The molecule has 0 spiro atoms. The average Bonchev–Trinajstić information content (AvgIpc) is 3.00.